The number of fused-ring (bicyclic) bond motifs is 6. The molecule has 0 bridgehead atoms. The highest BCUT2D eigenvalue weighted by atomic mass is 16.5. The van der Waals surface area contributed by atoms with Crippen molar-refractivity contribution in [3.63, 3.8) is 0 Å². The largest absolute Gasteiger partial charge is 0.507 e. The summed E-state index contributed by atoms with van der Waals surface area (Å²) in [6.45, 7) is 20.0. The number of hydrogen-bond donors (Lipinski definition) is 1. The summed E-state index contributed by atoms with van der Waals surface area (Å²) in [5.41, 5.74) is 16.2. The molecule has 0 aliphatic carbocycles. The van der Waals surface area contributed by atoms with Gasteiger partial charge in [-0.2, -0.15) is 0 Å². The molecule has 0 amide bonds. The van der Waals surface area contributed by atoms with E-state index in [9.17, 15) is 5.11 Å². The molecule has 5 heteroatoms. The maximum absolute atomic E-state index is 12.5. The molecule has 7 aromatic carbocycles. The van der Waals surface area contributed by atoms with Gasteiger partial charge in [0.05, 0.1) is 28.0 Å². The SMILES string of the molecule is CC(C)(C)c1cc(-c2nccc3c2-c2ccccc2Oc2ccccc2-3)cc(-c2cccc3c2nc(-c2cc(C(C)(C)C)cc(C(C)(C)C)c2O)n3-c2ccccc2-c2ccccc2)c1. The Morgan fingerprint density at radius 3 is 1.78 bits per heavy atom. The Morgan fingerprint density at radius 2 is 1.08 bits per heavy atom. The van der Waals surface area contributed by atoms with Gasteiger partial charge in [-0.05, 0) is 92.6 Å². The number of rotatable bonds is 5. The van der Waals surface area contributed by atoms with Crippen LogP contribution in [0.15, 0.2) is 164 Å². The number of para-hydroxylation sites is 4. The molecule has 0 radical (unpaired) electrons. The quantitative estimate of drug-likeness (QED) is 0.187. The van der Waals surface area contributed by atoms with E-state index in [1.54, 1.807) is 0 Å². The number of phenols is 1. The first-order chi connectivity index (χ1) is 31.1. The van der Waals surface area contributed by atoms with E-state index in [1.807, 2.05) is 36.5 Å². The van der Waals surface area contributed by atoms with Gasteiger partial charge < -0.3 is 9.84 Å². The molecule has 0 spiro atoms. The van der Waals surface area contributed by atoms with Crippen LogP contribution in [0.1, 0.15) is 79.0 Å². The Balaban J connectivity index is 1.28. The molecule has 2 aromatic heterocycles. The van der Waals surface area contributed by atoms with Crippen LogP contribution in [0.4, 0.5) is 0 Å². The van der Waals surface area contributed by atoms with Gasteiger partial charge in [0.2, 0.25) is 0 Å². The Kier molecular flexibility index (Phi) is 9.95. The number of imidazole rings is 1. The minimum Gasteiger partial charge on any atom is -0.507 e. The Bertz CT molecular complexity index is 3300. The predicted octanol–water partition coefficient (Wildman–Crippen LogP) is 16.1. The molecule has 0 saturated heterocycles. The lowest BCUT2D eigenvalue weighted by atomic mass is 9.79. The molecule has 5 nitrogen and oxygen atoms in total. The van der Waals surface area contributed by atoms with E-state index in [-0.39, 0.29) is 22.0 Å². The van der Waals surface area contributed by atoms with Crippen molar-refractivity contribution < 1.29 is 9.84 Å². The van der Waals surface area contributed by atoms with Crippen molar-refractivity contribution in [3.05, 3.63) is 181 Å². The fourth-order valence-corrected chi connectivity index (χ4v) is 9.29. The van der Waals surface area contributed by atoms with Crippen molar-refractivity contribution in [2.24, 2.45) is 0 Å². The Morgan fingerprint density at radius 1 is 0.477 bits per heavy atom. The van der Waals surface area contributed by atoms with E-state index >= 15 is 0 Å². The fraction of sp³-hybridized carbons (Fsp3) is 0.200. The highest BCUT2D eigenvalue weighted by Crippen LogP contribution is 2.51. The maximum atomic E-state index is 12.5. The van der Waals surface area contributed by atoms with Crippen molar-refractivity contribution in [3.8, 4) is 90.1 Å². The van der Waals surface area contributed by atoms with Crippen LogP contribution >= 0.6 is 0 Å². The van der Waals surface area contributed by atoms with Crippen LogP contribution in [-0.2, 0) is 16.2 Å². The Hall–Kier alpha value is -7.24. The van der Waals surface area contributed by atoms with Gasteiger partial charge in [-0.1, -0.05) is 172 Å². The zero-order valence-electron chi connectivity index (χ0n) is 38.8. The molecule has 0 fully saturated rings. The summed E-state index contributed by atoms with van der Waals surface area (Å²) in [6.07, 6.45) is 1.92. The molecule has 1 N–H and O–H groups in total. The third-order valence-electron chi connectivity index (χ3n) is 12.8. The lowest BCUT2D eigenvalue weighted by Gasteiger charge is -2.27. The molecule has 0 atom stereocenters. The van der Waals surface area contributed by atoms with Crippen molar-refractivity contribution in [2.75, 3.05) is 0 Å². The topological polar surface area (TPSA) is 60.2 Å². The molecule has 65 heavy (non-hydrogen) atoms. The second-order valence-corrected chi connectivity index (χ2v) is 20.5. The maximum Gasteiger partial charge on any atom is 0.149 e. The first kappa shape index (κ1) is 41.8. The van der Waals surface area contributed by atoms with Gasteiger partial charge in [0.15, 0.2) is 0 Å². The first-order valence-corrected chi connectivity index (χ1v) is 22.6. The zero-order chi connectivity index (χ0) is 45.4. The molecular weight excluding hydrogens is 795 g/mol. The van der Waals surface area contributed by atoms with Crippen LogP contribution in [0.5, 0.6) is 17.2 Å². The summed E-state index contributed by atoms with van der Waals surface area (Å²) in [5.74, 6) is 2.55. The van der Waals surface area contributed by atoms with Gasteiger partial charge in [0.1, 0.15) is 23.1 Å². The summed E-state index contributed by atoms with van der Waals surface area (Å²) in [6, 6.07) is 55.4. The summed E-state index contributed by atoms with van der Waals surface area (Å²) in [4.78, 5) is 10.9. The Labute approximate surface area is 383 Å². The van der Waals surface area contributed by atoms with Crippen LogP contribution < -0.4 is 4.74 Å². The summed E-state index contributed by atoms with van der Waals surface area (Å²) in [7, 11) is 0. The van der Waals surface area contributed by atoms with E-state index in [4.69, 9.17) is 14.7 Å². The lowest BCUT2D eigenvalue weighted by molar-refractivity contribution is 0.446. The number of aromatic hydroxyl groups is 1. The van der Waals surface area contributed by atoms with E-state index in [1.165, 1.54) is 5.56 Å². The molecule has 0 unspecified atom stereocenters. The van der Waals surface area contributed by atoms with Crippen LogP contribution in [-0.4, -0.2) is 19.6 Å². The molecule has 10 rings (SSSR count). The third-order valence-corrected chi connectivity index (χ3v) is 12.8. The number of phenolic OH excluding ortho intramolecular Hbond substituents is 1. The number of pyridine rings is 1. The standard InChI is InChI=1S/C60H55N3O2/c1-58(2,3)40-33-38(32-39(34-40)54-53-45(30-31-61-54)44-23-14-17-28-51(44)65-52-29-18-15-24-46(52)53)43-25-19-27-50-55(43)62-57(47-35-41(59(4,5)6)36-48(56(47)64)60(7,8)9)63(50)49-26-16-13-22-42(49)37-20-11-10-12-21-37/h10-36,64H,1-9H3. The van der Waals surface area contributed by atoms with Crippen LogP contribution in [0.25, 0.3) is 83.9 Å². The van der Waals surface area contributed by atoms with Crippen molar-refractivity contribution >= 4 is 11.0 Å². The summed E-state index contributed by atoms with van der Waals surface area (Å²) >= 11 is 0. The van der Waals surface area contributed by atoms with Crippen molar-refractivity contribution in [2.45, 2.75) is 78.6 Å². The van der Waals surface area contributed by atoms with Gasteiger partial charge in [-0.3, -0.25) is 9.55 Å². The molecule has 1 aliphatic heterocycles. The lowest BCUT2D eigenvalue weighted by Crippen LogP contribution is -2.17. The van der Waals surface area contributed by atoms with Crippen molar-refractivity contribution in [1.29, 1.82) is 0 Å². The number of benzene rings is 7. The molecule has 0 saturated carbocycles. The monoisotopic (exact) mass is 849 g/mol. The second-order valence-electron chi connectivity index (χ2n) is 20.5. The predicted molar refractivity (Wildman–Crippen MR) is 269 cm³/mol. The van der Waals surface area contributed by atoms with Crippen LogP contribution in [0.2, 0.25) is 0 Å². The van der Waals surface area contributed by atoms with Gasteiger partial charge >= 0.3 is 0 Å². The minimum atomic E-state index is -0.327. The number of hydrogen-bond acceptors (Lipinski definition) is 4. The number of ether oxygens (including phenoxy) is 1. The van der Waals surface area contributed by atoms with Crippen LogP contribution in [0.3, 0.4) is 0 Å². The van der Waals surface area contributed by atoms with Crippen molar-refractivity contribution in [1.82, 2.24) is 14.5 Å². The van der Waals surface area contributed by atoms with Gasteiger partial charge in [-0.15, -0.1) is 0 Å². The van der Waals surface area contributed by atoms with E-state index in [0.717, 1.165) is 95.1 Å². The van der Waals surface area contributed by atoms with E-state index in [2.05, 4.69) is 194 Å². The second kappa shape index (κ2) is 15.5. The highest BCUT2D eigenvalue weighted by molar-refractivity contribution is 6.00. The average Bonchev–Trinajstić information content (AvgIpc) is 3.61. The van der Waals surface area contributed by atoms with Gasteiger partial charge in [0, 0.05) is 45.1 Å². The molecule has 3 heterocycles. The molecule has 9 aromatic rings. The fourth-order valence-electron chi connectivity index (χ4n) is 9.29. The summed E-state index contributed by atoms with van der Waals surface area (Å²) in [5, 5.41) is 12.5. The summed E-state index contributed by atoms with van der Waals surface area (Å²) < 4.78 is 8.88. The smallest absolute Gasteiger partial charge is 0.149 e. The normalized spacial score (nSPS) is 12.6. The minimum absolute atomic E-state index is 0.186. The van der Waals surface area contributed by atoms with Gasteiger partial charge in [0.25, 0.3) is 0 Å². The van der Waals surface area contributed by atoms with Crippen LogP contribution in [0, 0.1) is 0 Å². The molecule has 322 valence electrons. The first-order valence-electron chi connectivity index (χ1n) is 22.6. The third kappa shape index (κ3) is 7.39. The average molecular weight is 850 g/mol. The zero-order valence-corrected chi connectivity index (χ0v) is 38.8. The van der Waals surface area contributed by atoms with Gasteiger partial charge in [-0.25, -0.2) is 4.98 Å². The number of nitrogens with zero attached hydrogens (tertiary/aromatic N) is 3. The van der Waals surface area contributed by atoms with E-state index < -0.39 is 0 Å². The highest BCUT2D eigenvalue weighted by Gasteiger charge is 2.30. The molecular formula is C60H55N3O2. The number of aromatic nitrogens is 3. The molecule has 1 aliphatic rings. The van der Waals surface area contributed by atoms with E-state index in [0.29, 0.717) is 11.4 Å².